The Morgan fingerprint density at radius 2 is 1.76 bits per heavy atom. The van der Waals surface area contributed by atoms with Crippen LogP contribution in [0.1, 0.15) is 48.2 Å². The van der Waals surface area contributed by atoms with Crippen molar-refractivity contribution in [3.05, 3.63) is 47.0 Å². The van der Waals surface area contributed by atoms with Gasteiger partial charge in [-0.25, -0.2) is 0 Å². The fourth-order valence-corrected chi connectivity index (χ4v) is 8.05. The normalized spacial score (nSPS) is 27.0. The van der Waals surface area contributed by atoms with Gasteiger partial charge in [0, 0.05) is 18.0 Å². The molecule has 49 heavy (non-hydrogen) atoms. The molecule has 0 aromatic heterocycles. The number of likely N-dealkylation sites (N-methyl/N-ethyl adjacent to an activating group) is 1. The summed E-state index contributed by atoms with van der Waals surface area (Å²) in [5.74, 6) is -10.8. The van der Waals surface area contributed by atoms with Gasteiger partial charge in [0.1, 0.15) is 17.5 Å². The van der Waals surface area contributed by atoms with E-state index in [2.05, 4.69) is 5.32 Å². The number of amides is 1. The third kappa shape index (κ3) is 5.93. The van der Waals surface area contributed by atoms with Crippen LogP contribution in [0.5, 0.6) is 11.5 Å². The van der Waals surface area contributed by atoms with Crippen LogP contribution in [-0.2, 0) is 41.7 Å². The number of ketones is 4. The minimum absolute atomic E-state index is 0.0646. The molecule has 3 aliphatic rings. The van der Waals surface area contributed by atoms with Crippen LogP contribution in [-0.4, -0.2) is 96.1 Å². The Kier molecular flexibility index (Phi) is 9.84. The van der Waals surface area contributed by atoms with E-state index in [9.17, 15) is 39.0 Å². The predicted octanol–water partition coefficient (Wildman–Crippen LogP) is 1.22. The van der Waals surface area contributed by atoms with Gasteiger partial charge < -0.3 is 30.7 Å². The molecule has 5 rings (SSSR count). The number of nitrogens with zero attached hydrogens (tertiary/aromatic N) is 1. The molecule has 0 radical (unpaired) electrons. The van der Waals surface area contributed by atoms with E-state index in [0.717, 1.165) is 5.56 Å². The Balaban J connectivity index is 1.57. The number of methoxy groups -OCH3 is 2. The molecule has 13 nitrogen and oxygen atoms in total. The highest BCUT2D eigenvalue weighted by Gasteiger charge is 2.69. The maximum Gasteiger partial charge on any atom is 0.322 e. The Morgan fingerprint density at radius 1 is 1.06 bits per heavy atom. The predicted molar refractivity (Wildman–Crippen MR) is 175 cm³/mol. The lowest BCUT2D eigenvalue weighted by Gasteiger charge is -2.52. The van der Waals surface area contributed by atoms with Crippen molar-refractivity contribution in [3.8, 4) is 22.6 Å². The zero-order chi connectivity index (χ0) is 36.1. The molecule has 262 valence electrons. The molecular weight excluding hydrogens is 634 g/mol. The number of fused-ring (bicyclic) bond motifs is 3. The number of hydrogen-bond donors (Lipinski definition) is 4. The summed E-state index contributed by atoms with van der Waals surface area (Å²) < 4.78 is 10.7. The second-order valence-electron chi connectivity index (χ2n) is 13.9. The van der Waals surface area contributed by atoms with Crippen molar-refractivity contribution in [2.75, 3.05) is 28.3 Å². The average Bonchev–Trinajstić information content (AvgIpc) is 3.03. The van der Waals surface area contributed by atoms with Crippen molar-refractivity contribution in [2.24, 2.45) is 35.3 Å². The number of rotatable bonds is 10. The van der Waals surface area contributed by atoms with Gasteiger partial charge in [-0.05, 0) is 80.1 Å². The molecule has 13 heteroatoms. The van der Waals surface area contributed by atoms with Crippen molar-refractivity contribution in [1.82, 2.24) is 10.2 Å². The van der Waals surface area contributed by atoms with Gasteiger partial charge in [0.25, 0.3) is 0 Å². The monoisotopic (exact) mass is 677 g/mol. The van der Waals surface area contributed by atoms with Gasteiger partial charge in [0.2, 0.25) is 5.91 Å². The first-order chi connectivity index (χ1) is 23.1. The molecule has 0 saturated heterocycles. The number of aromatic hydroxyl groups is 1. The van der Waals surface area contributed by atoms with Crippen LogP contribution in [0.4, 0.5) is 0 Å². The Morgan fingerprint density at radius 3 is 2.35 bits per heavy atom. The van der Waals surface area contributed by atoms with Crippen molar-refractivity contribution < 1.29 is 48.5 Å². The van der Waals surface area contributed by atoms with E-state index in [4.69, 9.17) is 15.2 Å². The number of aliphatic hydroxyl groups is 1. The number of esters is 1. The van der Waals surface area contributed by atoms with Crippen LogP contribution in [0.15, 0.2) is 30.3 Å². The summed E-state index contributed by atoms with van der Waals surface area (Å²) in [6.45, 7) is 4.32. The lowest BCUT2D eigenvalue weighted by Crippen LogP contribution is -2.74. The number of hydrogen-bond acceptors (Lipinski definition) is 12. The number of phenols is 1. The van der Waals surface area contributed by atoms with E-state index in [1.165, 1.54) is 39.3 Å². The summed E-state index contributed by atoms with van der Waals surface area (Å²) in [6, 6.07) is 6.72. The first kappa shape index (κ1) is 35.8. The molecule has 0 aliphatic heterocycles. The van der Waals surface area contributed by atoms with E-state index in [-0.39, 0.29) is 36.0 Å². The van der Waals surface area contributed by atoms with Crippen LogP contribution in [0.25, 0.3) is 11.1 Å². The van der Waals surface area contributed by atoms with Crippen LogP contribution in [0.3, 0.4) is 0 Å². The summed E-state index contributed by atoms with van der Waals surface area (Å²) >= 11 is 0. The van der Waals surface area contributed by atoms with E-state index in [1.54, 1.807) is 12.1 Å². The van der Waals surface area contributed by atoms with Crippen LogP contribution < -0.4 is 15.8 Å². The highest BCUT2D eigenvalue weighted by atomic mass is 16.5. The first-order valence-electron chi connectivity index (χ1n) is 16.3. The fraction of sp³-hybridized carbons (Fsp3) is 0.500. The van der Waals surface area contributed by atoms with Gasteiger partial charge in [0.05, 0.1) is 31.7 Å². The van der Waals surface area contributed by atoms with Gasteiger partial charge in [0.15, 0.2) is 34.7 Å². The Hall–Kier alpha value is -4.46. The number of carbonyl (C=O) groups excluding carboxylic acids is 6. The quantitative estimate of drug-likeness (QED) is 0.207. The topological polar surface area (TPSA) is 203 Å². The molecule has 1 amide bonds. The minimum atomic E-state index is -2.80. The van der Waals surface area contributed by atoms with Crippen molar-refractivity contribution in [1.29, 1.82) is 0 Å². The molecule has 7 unspecified atom stereocenters. The number of primary amides is 1. The molecule has 0 bridgehead atoms. The number of carbonyl (C=O) groups is 6. The van der Waals surface area contributed by atoms with Crippen molar-refractivity contribution >= 4 is 35.0 Å². The molecule has 7 atom stereocenters. The third-order valence-corrected chi connectivity index (χ3v) is 10.2. The summed E-state index contributed by atoms with van der Waals surface area (Å²) in [7, 11) is 5.91. The molecule has 2 aromatic carbocycles. The van der Waals surface area contributed by atoms with Crippen LogP contribution >= 0.6 is 0 Å². The zero-order valence-corrected chi connectivity index (χ0v) is 28.4. The molecule has 2 aromatic rings. The smallest absolute Gasteiger partial charge is 0.322 e. The minimum Gasteiger partial charge on any atom is -0.507 e. The summed E-state index contributed by atoms with van der Waals surface area (Å²) in [4.78, 5) is 81.4. The van der Waals surface area contributed by atoms with Gasteiger partial charge in [-0.1, -0.05) is 26.0 Å². The molecule has 3 aliphatic carbocycles. The highest BCUT2D eigenvalue weighted by Crippen LogP contribution is 2.52. The average molecular weight is 678 g/mol. The molecular formula is C36H43N3O10. The second kappa shape index (κ2) is 13.4. The largest absolute Gasteiger partial charge is 0.507 e. The van der Waals surface area contributed by atoms with Gasteiger partial charge in [-0.15, -0.1) is 0 Å². The lowest BCUT2D eigenvalue weighted by atomic mass is 9.52. The summed E-state index contributed by atoms with van der Waals surface area (Å²) in [5, 5.41) is 26.1. The van der Waals surface area contributed by atoms with Crippen molar-refractivity contribution in [2.45, 2.75) is 57.3 Å². The van der Waals surface area contributed by atoms with Gasteiger partial charge >= 0.3 is 5.97 Å². The molecule has 0 spiro atoms. The zero-order valence-electron chi connectivity index (χ0n) is 28.4. The third-order valence-electron chi connectivity index (χ3n) is 10.2. The van der Waals surface area contributed by atoms with Crippen molar-refractivity contribution in [3.63, 3.8) is 0 Å². The van der Waals surface area contributed by atoms with Gasteiger partial charge in [-0.2, -0.15) is 0 Å². The molecule has 0 heterocycles. The highest BCUT2D eigenvalue weighted by molar-refractivity contribution is 6.32. The number of phenolic OH excluding ortho intramolecular Hbond substituents is 1. The van der Waals surface area contributed by atoms with E-state index >= 15 is 0 Å². The maximum atomic E-state index is 14.2. The molecule has 2 fully saturated rings. The number of nitrogens with one attached hydrogen (secondary N) is 1. The summed E-state index contributed by atoms with van der Waals surface area (Å²) in [5.41, 5.74) is 4.89. The van der Waals surface area contributed by atoms with E-state index in [1.807, 2.05) is 26.0 Å². The number of ether oxygens (including phenoxy) is 2. The standard InChI is InChI=1S/C36H43N3O10/c1-16(2)11-23(35(46)49-6)38-15-17-7-10-25(48-5)20(12-17)19-8-9-24(40)27-21(19)13-18-14-22-29(39(3)4)31(42)28(34(37)45)33(44)36(22,47)32(43)26(18)30(27)41/h7-10,12,16,18,22-23,26,28-29,38,40,47H,11,13-15H2,1-6H3,(H2,37,45). The van der Waals surface area contributed by atoms with E-state index < -0.39 is 70.4 Å². The maximum absolute atomic E-state index is 14.2. The van der Waals surface area contributed by atoms with Crippen LogP contribution in [0.2, 0.25) is 0 Å². The Labute approximate surface area is 284 Å². The molecule has 5 N–H and O–H groups in total. The SMILES string of the molecule is COC(=O)C(CC(C)C)NCc1ccc(OC)c(-c2ccc(O)c3c2CC2CC4C(N(C)C)C(=O)C(C(N)=O)C(=O)C4(O)C(=O)C2C3=O)c1. The number of Topliss-reactive ketones (excluding diaryl/α,β-unsaturated/α-hetero) is 4. The molecule has 2 saturated carbocycles. The number of benzene rings is 2. The summed E-state index contributed by atoms with van der Waals surface area (Å²) in [6.07, 6.45) is 0.598. The Bertz CT molecular complexity index is 1740. The second-order valence-corrected chi connectivity index (χ2v) is 13.9. The van der Waals surface area contributed by atoms with Gasteiger partial charge in [-0.3, -0.25) is 33.7 Å². The lowest BCUT2D eigenvalue weighted by molar-refractivity contribution is -0.181. The first-order valence-corrected chi connectivity index (χ1v) is 16.3. The fourth-order valence-electron chi connectivity index (χ4n) is 8.05. The van der Waals surface area contributed by atoms with E-state index in [0.29, 0.717) is 35.4 Å². The number of nitrogens with two attached hydrogens (primary N) is 1. The van der Waals surface area contributed by atoms with Crippen LogP contribution in [0, 0.1) is 29.6 Å².